The minimum absolute atomic E-state index is 0.836. The summed E-state index contributed by atoms with van der Waals surface area (Å²) in [4.78, 5) is 0. The fourth-order valence-electron chi connectivity index (χ4n) is 6.48. The van der Waals surface area contributed by atoms with Gasteiger partial charge in [-0.05, 0) is 71.8 Å². The van der Waals surface area contributed by atoms with E-state index >= 15 is 0 Å². The van der Waals surface area contributed by atoms with Crippen molar-refractivity contribution in [3.05, 3.63) is 109 Å². The molecule has 0 fully saturated rings. The number of hydrogen-bond donors (Lipinski definition) is 0. The minimum atomic E-state index is 0.836. The average Bonchev–Trinajstić information content (AvgIpc) is 3.75. The van der Waals surface area contributed by atoms with Gasteiger partial charge in [-0.2, -0.15) is 0 Å². The quantitative estimate of drug-likeness (QED) is 0.219. The van der Waals surface area contributed by atoms with Gasteiger partial charge < -0.3 is 17.7 Å². The summed E-state index contributed by atoms with van der Waals surface area (Å²) >= 11 is 0. The van der Waals surface area contributed by atoms with Crippen LogP contribution in [0.5, 0.6) is 0 Å². The number of rotatable bonds is 1. The SMILES string of the molecule is c1ccc2c(c1)oc1ccc3c4cc(-c5ccc6oc7ccc8oc9ccccc9c8c7c6c5)ccc4oc3c12. The maximum absolute atomic E-state index is 6.43. The lowest BCUT2D eigenvalue weighted by molar-refractivity contribution is 0.662. The first kappa shape index (κ1) is 20.5. The zero-order valence-corrected chi connectivity index (χ0v) is 21.0. The Balaban J connectivity index is 1.23. The number of furan rings is 4. The van der Waals surface area contributed by atoms with Gasteiger partial charge in [0.15, 0.2) is 0 Å². The van der Waals surface area contributed by atoms with E-state index in [9.17, 15) is 0 Å². The van der Waals surface area contributed by atoms with Crippen LogP contribution in [0.25, 0.3) is 98.9 Å². The first-order valence-electron chi connectivity index (χ1n) is 13.3. The van der Waals surface area contributed by atoms with Gasteiger partial charge in [-0.1, -0.05) is 48.5 Å². The summed E-state index contributed by atoms with van der Waals surface area (Å²) in [7, 11) is 0. The van der Waals surface area contributed by atoms with E-state index in [-0.39, 0.29) is 0 Å². The molecule has 4 aromatic heterocycles. The summed E-state index contributed by atoms with van der Waals surface area (Å²) in [6, 6.07) is 37.3. The van der Waals surface area contributed by atoms with Gasteiger partial charge in [0.25, 0.3) is 0 Å². The molecule has 40 heavy (non-hydrogen) atoms. The van der Waals surface area contributed by atoms with E-state index in [0.29, 0.717) is 0 Å². The topological polar surface area (TPSA) is 52.6 Å². The first-order valence-corrected chi connectivity index (χ1v) is 13.3. The highest BCUT2D eigenvalue weighted by Crippen LogP contribution is 2.43. The maximum atomic E-state index is 6.43. The third-order valence-corrected chi connectivity index (χ3v) is 8.28. The van der Waals surface area contributed by atoms with Gasteiger partial charge in [0, 0.05) is 37.7 Å². The molecule has 186 valence electrons. The van der Waals surface area contributed by atoms with Gasteiger partial charge in [-0.25, -0.2) is 0 Å². The van der Waals surface area contributed by atoms with Crippen LogP contribution in [0.4, 0.5) is 0 Å². The highest BCUT2D eigenvalue weighted by Gasteiger charge is 2.18. The molecule has 0 aliphatic heterocycles. The van der Waals surface area contributed by atoms with E-state index in [4.69, 9.17) is 17.7 Å². The van der Waals surface area contributed by atoms with E-state index in [1.807, 2.05) is 54.6 Å². The zero-order valence-electron chi connectivity index (χ0n) is 21.0. The van der Waals surface area contributed by atoms with Gasteiger partial charge in [-0.3, -0.25) is 0 Å². The lowest BCUT2D eigenvalue weighted by Crippen LogP contribution is -1.78. The summed E-state index contributed by atoms with van der Waals surface area (Å²) in [5, 5.41) is 8.61. The van der Waals surface area contributed by atoms with Gasteiger partial charge in [-0.15, -0.1) is 0 Å². The predicted octanol–water partition coefficient (Wildman–Crippen LogP) is 11.0. The van der Waals surface area contributed by atoms with E-state index in [0.717, 1.165) is 98.9 Å². The van der Waals surface area contributed by atoms with Crippen LogP contribution in [0.3, 0.4) is 0 Å². The monoisotopic (exact) mass is 514 g/mol. The molecule has 4 heterocycles. The highest BCUT2D eigenvalue weighted by molar-refractivity contribution is 6.26. The molecule has 0 aliphatic rings. The van der Waals surface area contributed by atoms with Crippen LogP contribution in [-0.2, 0) is 0 Å². The number of fused-ring (bicyclic) bond motifs is 14. The van der Waals surface area contributed by atoms with E-state index in [1.54, 1.807) is 0 Å². The van der Waals surface area contributed by atoms with Gasteiger partial charge in [0.05, 0.1) is 5.39 Å². The van der Waals surface area contributed by atoms with Crippen LogP contribution < -0.4 is 0 Å². The Labute approximate surface area is 225 Å². The zero-order chi connectivity index (χ0) is 25.9. The molecule has 0 saturated heterocycles. The molecule has 10 rings (SSSR count). The number of benzene rings is 6. The lowest BCUT2D eigenvalue weighted by Gasteiger charge is -2.03. The fraction of sp³-hybridized carbons (Fsp3) is 0. The Bertz CT molecular complexity index is 2660. The van der Waals surface area contributed by atoms with Gasteiger partial charge in [0.2, 0.25) is 0 Å². The Morgan fingerprint density at radius 3 is 1.48 bits per heavy atom. The number of hydrogen-bond acceptors (Lipinski definition) is 4. The molecule has 0 radical (unpaired) electrons. The van der Waals surface area contributed by atoms with Crippen molar-refractivity contribution in [3.63, 3.8) is 0 Å². The molecule has 10 aromatic rings. The van der Waals surface area contributed by atoms with E-state index in [2.05, 4.69) is 54.6 Å². The molecule has 0 saturated carbocycles. The molecule has 0 aliphatic carbocycles. The highest BCUT2D eigenvalue weighted by atomic mass is 16.3. The summed E-state index contributed by atoms with van der Waals surface area (Å²) in [5.74, 6) is 0. The molecule has 0 atom stereocenters. The first-order chi connectivity index (χ1) is 19.8. The van der Waals surface area contributed by atoms with Crippen molar-refractivity contribution in [2.24, 2.45) is 0 Å². The maximum Gasteiger partial charge on any atom is 0.147 e. The van der Waals surface area contributed by atoms with Crippen LogP contribution in [0, 0.1) is 0 Å². The molecule has 0 unspecified atom stereocenters. The fourth-order valence-corrected chi connectivity index (χ4v) is 6.48. The second-order valence-electron chi connectivity index (χ2n) is 10.4. The smallest absolute Gasteiger partial charge is 0.147 e. The Kier molecular flexibility index (Phi) is 3.65. The van der Waals surface area contributed by atoms with Crippen LogP contribution in [-0.4, -0.2) is 0 Å². The average molecular weight is 515 g/mol. The molecule has 4 heteroatoms. The summed E-state index contributed by atoms with van der Waals surface area (Å²) in [6.45, 7) is 0. The lowest BCUT2D eigenvalue weighted by atomic mass is 9.99. The van der Waals surface area contributed by atoms with Crippen LogP contribution in [0.2, 0.25) is 0 Å². The van der Waals surface area contributed by atoms with Crippen LogP contribution >= 0.6 is 0 Å². The standard InChI is InChI=1S/C36H18O4/c1-3-7-26-22(5-1)33-30(37-26)15-16-31-34(33)25-18-20(10-13-29(25)39-31)19-9-12-28-24(17-19)21-11-14-32-35(36(21)40-28)23-6-2-4-8-27(23)38-32/h1-18H. The van der Waals surface area contributed by atoms with Crippen molar-refractivity contribution >= 4 is 87.8 Å². The summed E-state index contributed by atoms with van der Waals surface area (Å²) in [5.41, 5.74) is 9.13. The third-order valence-electron chi connectivity index (χ3n) is 8.28. The van der Waals surface area contributed by atoms with Crippen molar-refractivity contribution in [3.8, 4) is 11.1 Å². The molecule has 4 nitrogen and oxygen atoms in total. The van der Waals surface area contributed by atoms with Gasteiger partial charge in [0.1, 0.15) is 44.7 Å². The largest absolute Gasteiger partial charge is 0.456 e. The van der Waals surface area contributed by atoms with Crippen LogP contribution in [0.15, 0.2) is 127 Å². The molecular weight excluding hydrogens is 496 g/mol. The molecular formula is C36H18O4. The van der Waals surface area contributed by atoms with E-state index < -0.39 is 0 Å². The number of para-hydroxylation sites is 2. The Hall–Kier alpha value is -5.48. The Morgan fingerprint density at radius 1 is 0.300 bits per heavy atom. The van der Waals surface area contributed by atoms with Crippen molar-refractivity contribution < 1.29 is 17.7 Å². The summed E-state index contributed by atoms with van der Waals surface area (Å²) < 4.78 is 25.0. The van der Waals surface area contributed by atoms with Gasteiger partial charge >= 0.3 is 0 Å². The van der Waals surface area contributed by atoms with Crippen molar-refractivity contribution in [2.45, 2.75) is 0 Å². The third kappa shape index (κ3) is 2.55. The molecule has 6 aromatic carbocycles. The molecule has 0 amide bonds. The predicted molar refractivity (Wildman–Crippen MR) is 161 cm³/mol. The molecule has 0 bridgehead atoms. The van der Waals surface area contributed by atoms with E-state index in [1.165, 1.54) is 0 Å². The van der Waals surface area contributed by atoms with Crippen molar-refractivity contribution in [2.75, 3.05) is 0 Å². The molecule has 0 N–H and O–H groups in total. The summed E-state index contributed by atoms with van der Waals surface area (Å²) in [6.07, 6.45) is 0. The van der Waals surface area contributed by atoms with Crippen molar-refractivity contribution in [1.82, 2.24) is 0 Å². The normalized spacial score (nSPS) is 12.5. The minimum Gasteiger partial charge on any atom is -0.456 e. The van der Waals surface area contributed by atoms with Crippen LogP contribution in [0.1, 0.15) is 0 Å². The Morgan fingerprint density at radius 2 is 0.775 bits per heavy atom. The second kappa shape index (κ2) is 7.13. The second-order valence-corrected chi connectivity index (χ2v) is 10.4. The molecule has 0 spiro atoms. The van der Waals surface area contributed by atoms with Crippen molar-refractivity contribution in [1.29, 1.82) is 0 Å².